The molecule has 2 fully saturated rings. The molecule has 0 spiro atoms. The monoisotopic (exact) mass is 536 g/mol. The first-order chi connectivity index (χ1) is 17.4. The topological polar surface area (TPSA) is 58.1 Å². The van der Waals surface area contributed by atoms with Crippen molar-refractivity contribution in [1.29, 1.82) is 0 Å². The predicted octanol–water partition coefficient (Wildman–Crippen LogP) is 7.64. The lowest BCUT2D eigenvalue weighted by molar-refractivity contribution is 0.0730. The zero-order valence-corrected chi connectivity index (χ0v) is 21.6. The molecule has 36 heavy (non-hydrogen) atoms. The van der Waals surface area contributed by atoms with Crippen molar-refractivity contribution in [2.24, 2.45) is 0 Å². The number of nitrogens with zero attached hydrogens (tertiary/aromatic N) is 3. The Hall–Kier alpha value is -2.86. The molecular formula is C28H23Cl3N4O. The van der Waals surface area contributed by atoms with Crippen LogP contribution in [0.15, 0.2) is 60.9 Å². The van der Waals surface area contributed by atoms with Crippen molar-refractivity contribution in [3.63, 3.8) is 0 Å². The predicted molar refractivity (Wildman–Crippen MR) is 146 cm³/mol. The van der Waals surface area contributed by atoms with Crippen LogP contribution in [0.1, 0.15) is 41.6 Å². The first kappa shape index (κ1) is 23.5. The van der Waals surface area contributed by atoms with E-state index < -0.39 is 0 Å². The van der Waals surface area contributed by atoms with Crippen LogP contribution in [0, 0.1) is 0 Å². The molecule has 5 nitrogen and oxygen atoms in total. The number of amides is 1. The van der Waals surface area contributed by atoms with Crippen LogP contribution in [0.25, 0.3) is 22.0 Å². The minimum Gasteiger partial charge on any atom is -0.367 e. The zero-order chi connectivity index (χ0) is 24.8. The number of carbonyl (C=O) groups is 1. The molecular weight excluding hydrogens is 515 g/mol. The van der Waals surface area contributed by atoms with E-state index in [1.54, 1.807) is 24.5 Å². The van der Waals surface area contributed by atoms with E-state index >= 15 is 0 Å². The zero-order valence-electron chi connectivity index (χ0n) is 19.3. The Bertz CT molecular complexity index is 1460. The van der Waals surface area contributed by atoms with Crippen LogP contribution in [0.2, 0.25) is 15.1 Å². The summed E-state index contributed by atoms with van der Waals surface area (Å²) in [6.07, 6.45) is 5.88. The molecule has 0 unspecified atom stereocenters. The molecule has 0 saturated heterocycles. The van der Waals surface area contributed by atoms with Crippen LogP contribution in [0.5, 0.6) is 0 Å². The van der Waals surface area contributed by atoms with Gasteiger partial charge in [0.25, 0.3) is 5.91 Å². The highest BCUT2D eigenvalue weighted by molar-refractivity contribution is 6.35. The van der Waals surface area contributed by atoms with Crippen molar-refractivity contribution >= 4 is 57.4 Å². The van der Waals surface area contributed by atoms with Crippen LogP contribution in [0.4, 0.5) is 5.82 Å². The summed E-state index contributed by atoms with van der Waals surface area (Å²) < 4.78 is 0. The van der Waals surface area contributed by atoms with Gasteiger partial charge in [-0.05, 0) is 84.8 Å². The van der Waals surface area contributed by atoms with Crippen LogP contribution in [0.3, 0.4) is 0 Å². The van der Waals surface area contributed by atoms with Gasteiger partial charge in [-0.2, -0.15) is 0 Å². The van der Waals surface area contributed by atoms with Gasteiger partial charge in [0, 0.05) is 44.6 Å². The highest BCUT2D eigenvalue weighted by atomic mass is 35.5. The number of fused-ring (bicyclic) bond motifs is 1. The van der Waals surface area contributed by atoms with Crippen LogP contribution in [-0.2, 0) is 6.54 Å². The largest absolute Gasteiger partial charge is 0.367 e. The van der Waals surface area contributed by atoms with E-state index in [1.165, 1.54) is 12.8 Å². The third-order valence-electron chi connectivity index (χ3n) is 6.63. The maximum atomic E-state index is 13.4. The molecule has 2 saturated carbocycles. The summed E-state index contributed by atoms with van der Waals surface area (Å²) in [6, 6.07) is 17.8. The third-order valence-corrected chi connectivity index (χ3v) is 7.44. The van der Waals surface area contributed by atoms with Gasteiger partial charge in [-0.3, -0.25) is 4.79 Å². The Labute approximate surface area is 224 Å². The summed E-state index contributed by atoms with van der Waals surface area (Å²) in [4.78, 5) is 24.2. The van der Waals surface area contributed by atoms with Crippen LogP contribution < -0.4 is 5.32 Å². The van der Waals surface area contributed by atoms with Crippen molar-refractivity contribution in [3.05, 3.63) is 87.1 Å². The standard InChI is InChI=1S/C28H23Cl3N4O/c29-20-10-18(11-21(30)13-20)28(36)35(23-5-6-23)14-19-9-16(1-7-25(19)31)17-2-8-26-24(12-17)27(33-15-32-26)34-22-3-4-22/h1-2,7-13,15,22-23H,3-6,14H2,(H,32,33,34). The lowest BCUT2D eigenvalue weighted by Crippen LogP contribution is -2.32. The third kappa shape index (κ3) is 5.01. The minimum absolute atomic E-state index is 0.0954. The van der Waals surface area contributed by atoms with E-state index in [0.717, 1.165) is 46.3 Å². The summed E-state index contributed by atoms with van der Waals surface area (Å²) >= 11 is 19.0. The van der Waals surface area contributed by atoms with E-state index in [-0.39, 0.29) is 11.9 Å². The average molecular weight is 538 g/mol. The van der Waals surface area contributed by atoms with E-state index in [9.17, 15) is 4.79 Å². The number of anilines is 1. The molecule has 1 N–H and O–H groups in total. The van der Waals surface area contributed by atoms with Crippen LogP contribution >= 0.6 is 34.8 Å². The number of halogens is 3. The van der Waals surface area contributed by atoms with E-state index in [0.29, 0.717) is 33.2 Å². The second-order valence-electron chi connectivity index (χ2n) is 9.50. The Morgan fingerprint density at radius 3 is 2.33 bits per heavy atom. The minimum atomic E-state index is -0.0954. The van der Waals surface area contributed by atoms with E-state index in [1.807, 2.05) is 23.1 Å². The molecule has 0 radical (unpaired) electrons. The molecule has 2 aliphatic carbocycles. The van der Waals surface area contributed by atoms with E-state index in [4.69, 9.17) is 34.8 Å². The molecule has 2 aliphatic rings. The quantitative estimate of drug-likeness (QED) is 0.263. The van der Waals surface area contributed by atoms with Gasteiger partial charge in [0.05, 0.1) is 5.52 Å². The number of carbonyl (C=O) groups excluding carboxylic acids is 1. The van der Waals surface area contributed by atoms with Gasteiger partial charge in [0.1, 0.15) is 12.1 Å². The lowest BCUT2D eigenvalue weighted by atomic mass is 10.0. The molecule has 0 bridgehead atoms. The van der Waals surface area contributed by atoms with Gasteiger partial charge in [-0.1, -0.05) is 46.9 Å². The molecule has 6 rings (SSSR count). The molecule has 4 aromatic rings. The molecule has 1 aromatic heterocycles. The average Bonchev–Trinajstić information content (AvgIpc) is 3.78. The SMILES string of the molecule is O=C(c1cc(Cl)cc(Cl)c1)N(Cc1cc(-c2ccc3ncnc(NC4CC4)c3c2)ccc1Cl)C1CC1. The smallest absolute Gasteiger partial charge is 0.254 e. The lowest BCUT2D eigenvalue weighted by Gasteiger charge is -2.24. The highest BCUT2D eigenvalue weighted by Gasteiger charge is 2.33. The second kappa shape index (κ2) is 9.55. The maximum absolute atomic E-state index is 13.4. The number of benzene rings is 3. The fourth-order valence-corrected chi connectivity index (χ4v) is 5.13. The van der Waals surface area contributed by atoms with Gasteiger partial charge in [0.2, 0.25) is 0 Å². The Kier molecular flexibility index (Phi) is 6.24. The van der Waals surface area contributed by atoms with Gasteiger partial charge in [-0.25, -0.2) is 9.97 Å². The van der Waals surface area contributed by atoms with Crippen molar-refractivity contribution in [2.75, 3.05) is 5.32 Å². The maximum Gasteiger partial charge on any atom is 0.254 e. The molecule has 1 heterocycles. The first-order valence-electron chi connectivity index (χ1n) is 12.0. The Balaban J connectivity index is 1.32. The summed E-state index contributed by atoms with van der Waals surface area (Å²) in [5.74, 6) is 0.770. The van der Waals surface area contributed by atoms with Crippen molar-refractivity contribution in [2.45, 2.75) is 44.3 Å². The Morgan fingerprint density at radius 2 is 1.61 bits per heavy atom. The number of rotatable bonds is 7. The molecule has 0 aliphatic heterocycles. The van der Waals surface area contributed by atoms with Crippen molar-refractivity contribution in [3.8, 4) is 11.1 Å². The number of nitrogens with one attached hydrogen (secondary N) is 1. The summed E-state index contributed by atoms with van der Waals surface area (Å²) in [5, 5.41) is 6.01. The van der Waals surface area contributed by atoms with Crippen molar-refractivity contribution in [1.82, 2.24) is 14.9 Å². The fourth-order valence-electron chi connectivity index (χ4n) is 4.43. The Morgan fingerprint density at radius 1 is 0.889 bits per heavy atom. The molecule has 3 aromatic carbocycles. The van der Waals surface area contributed by atoms with Crippen LogP contribution in [-0.4, -0.2) is 32.9 Å². The molecule has 182 valence electrons. The highest BCUT2D eigenvalue weighted by Crippen LogP contribution is 2.35. The molecule has 0 atom stereocenters. The summed E-state index contributed by atoms with van der Waals surface area (Å²) in [7, 11) is 0. The fraction of sp³-hybridized carbons (Fsp3) is 0.250. The molecule has 1 amide bonds. The second-order valence-corrected chi connectivity index (χ2v) is 10.8. The van der Waals surface area contributed by atoms with Gasteiger partial charge in [-0.15, -0.1) is 0 Å². The van der Waals surface area contributed by atoms with Gasteiger partial charge in [0.15, 0.2) is 0 Å². The summed E-state index contributed by atoms with van der Waals surface area (Å²) in [6.45, 7) is 0.408. The first-order valence-corrected chi connectivity index (χ1v) is 13.1. The number of aromatic nitrogens is 2. The van der Waals surface area contributed by atoms with Crippen molar-refractivity contribution < 1.29 is 4.79 Å². The molecule has 8 heteroatoms. The number of hydrogen-bond acceptors (Lipinski definition) is 4. The van der Waals surface area contributed by atoms with Gasteiger partial charge >= 0.3 is 0 Å². The normalized spacial score (nSPS) is 15.2. The summed E-state index contributed by atoms with van der Waals surface area (Å²) in [5.41, 5.74) is 4.34. The number of hydrogen-bond donors (Lipinski definition) is 1. The van der Waals surface area contributed by atoms with E-state index in [2.05, 4.69) is 33.5 Å². The van der Waals surface area contributed by atoms with Gasteiger partial charge < -0.3 is 10.2 Å².